The first-order valence-corrected chi connectivity index (χ1v) is 23.5. The third-order valence-corrected chi connectivity index (χ3v) is 11.0. The third-order valence-electron chi connectivity index (χ3n) is 11.0. The van der Waals surface area contributed by atoms with Gasteiger partial charge in [0.15, 0.2) is 0 Å². The second-order valence-corrected chi connectivity index (χ2v) is 16.2. The van der Waals surface area contributed by atoms with Crippen LogP contribution in [0.1, 0.15) is 154 Å². The molecule has 0 saturated carbocycles. The average molecular weight is 867 g/mol. The molecule has 5 aromatic rings. The van der Waals surface area contributed by atoms with Gasteiger partial charge in [-0.2, -0.15) is 0 Å². The van der Waals surface area contributed by atoms with Crippen LogP contribution in [-0.2, 0) is 0 Å². The summed E-state index contributed by atoms with van der Waals surface area (Å²) in [6, 6.07) is 34.5. The summed E-state index contributed by atoms with van der Waals surface area (Å²) in [6.07, 6.45) is 24.2. The van der Waals surface area contributed by atoms with Gasteiger partial charge in [-0.15, -0.1) is 6.58 Å². The van der Waals surface area contributed by atoms with Crippen LogP contribution in [-0.4, -0.2) is 31.1 Å². The molecule has 0 heterocycles. The number of unbranched alkanes of at least 4 members (excludes halogenated alkanes) is 16. The predicted molar refractivity (Wildman–Crippen MR) is 256 cm³/mol. The van der Waals surface area contributed by atoms with E-state index in [0.717, 1.165) is 54.7 Å². The highest BCUT2D eigenvalue weighted by Gasteiger charge is 2.14. The normalized spacial score (nSPS) is 10.8. The molecule has 0 aromatic heterocycles. The lowest BCUT2D eigenvalue weighted by atomic mass is 10.1. The fourth-order valence-corrected chi connectivity index (χ4v) is 7.23. The van der Waals surface area contributed by atoms with E-state index in [0.29, 0.717) is 47.2 Å². The lowest BCUT2D eigenvalue weighted by Crippen LogP contribution is -2.10. The molecule has 0 aliphatic carbocycles. The van der Waals surface area contributed by atoms with Gasteiger partial charge < -0.3 is 23.7 Å². The van der Waals surface area contributed by atoms with E-state index in [1.54, 1.807) is 103 Å². The summed E-state index contributed by atoms with van der Waals surface area (Å²) in [6.45, 7) is 7.33. The van der Waals surface area contributed by atoms with E-state index in [9.17, 15) is 14.4 Å². The van der Waals surface area contributed by atoms with Crippen LogP contribution >= 0.6 is 0 Å². The van der Waals surface area contributed by atoms with Gasteiger partial charge in [0.25, 0.3) is 0 Å². The van der Waals surface area contributed by atoms with Crippen LogP contribution in [0.2, 0.25) is 0 Å². The molecule has 0 spiro atoms. The van der Waals surface area contributed by atoms with Crippen LogP contribution in [0.15, 0.2) is 134 Å². The van der Waals surface area contributed by atoms with E-state index in [1.807, 2.05) is 24.3 Å². The molecule has 0 amide bonds. The highest BCUT2D eigenvalue weighted by molar-refractivity contribution is 5.93. The minimum absolute atomic E-state index is 0.300. The molecule has 64 heavy (non-hydrogen) atoms. The maximum absolute atomic E-state index is 13.0. The molecule has 0 radical (unpaired) electrons. The molecule has 0 unspecified atom stereocenters. The van der Waals surface area contributed by atoms with Crippen molar-refractivity contribution in [2.45, 2.75) is 122 Å². The van der Waals surface area contributed by atoms with Crippen molar-refractivity contribution in [2.75, 3.05) is 13.2 Å². The Balaban J connectivity index is 0.993. The fourth-order valence-electron chi connectivity index (χ4n) is 7.23. The first-order valence-electron chi connectivity index (χ1n) is 23.5. The van der Waals surface area contributed by atoms with Crippen molar-refractivity contribution >= 4 is 17.9 Å². The van der Waals surface area contributed by atoms with E-state index < -0.39 is 17.9 Å². The topological polar surface area (TPSA) is 97.4 Å². The Labute approximate surface area is 381 Å². The number of hydrogen-bond acceptors (Lipinski definition) is 8. The van der Waals surface area contributed by atoms with Crippen LogP contribution in [0.3, 0.4) is 0 Å². The zero-order chi connectivity index (χ0) is 45.0. The molecule has 0 atom stereocenters. The van der Waals surface area contributed by atoms with E-state index in [2.05, 4.69) is 13.5 Å². The number of allylic oxidation sites excluding steroid dienone is 1. The summed E-state index contributed by atoms with van der Waals surface area (Å²) in [5.41, 5.74) is 2.79. The van der Waals surface area contributed by atoms with E-state index in [-0.39, 0.29) is 0 Å². The van der Waals surface area contributed by atoms with Crippen molar-refractivity contribution in [3.8, 4) is 39.9 Å². The molecular formula is C56H66O8. The van der Waals surface area contributed by atoms with Crippen LogP contribution in [0.4, 0.5) is 0 Å². The Morgan fingerprint density at radius 1 is 0.406 bits per heavy atom. The quantitative estimate of drug-likeness (QED) is 0.0195. The van der Waals surface area contributed by atoms with Gasteiger partial charge in [-0.1, -0.05) is 127 Å². The fraction of sp³-hybridized carbons (Fsp3) is 0.375. The second-order valence-electron chi connectivity index (χ2n) is 16.2. The van der Waals surface area contributed by atoms with Crippen LogP contribution in [0, 0.1) is 0 Å². The van der Waals surface area contributed by atoms with Crippen LogP contribution < -0.4 is 23.7 Å². The smallest absolute Gasteiger partial charge is 0.343 e. The minimum Gasteiger partial charge on any atom is -0.494 e. The lowest BCUT2D eigenvalue weighted by molar-refractivity contribution is 0.0723. The minimum atomic E-state index is -0.554. The number of rotatable bonds is 30. The predicted octanol–water partition coefficient (Wildman–Crippen LogP) is 15.0. The van der Waals surface area contributed by atoms with Gasteiger partial charge in [-0.3, -0.25) is 0 Å². The number of hydrogen-bond donors (Lipinski definition) is 0. The number of benzene rings is 5. The van der Waals surface area contributed by atoms with Crippen molar-refractivity contribution in [3.05, 3.63) is 151 Å². The SMILES string of the molecule is C=CCCCCCCCCCOc1ccc(C(=O)Oc2ccc(-c3cccc(OC(=O)c4ccc(OC(=O)c5ccc(OCCCCCCCCCCCC)cc5)cc4)c3)cc2)cc1. The zero-order valence-electron chi connectivity index (χ0n) is 37.7. The first-order chi connectivity index (χ1) is 31.4. The lowest BCUT2D eigenvalue weighted by Gasteiger charge is -2.10. The first kappa shape index (κ1) is 48.9. The Bertz CT molecular complexity index is 2120. The molecule has 0 N–H and O–H groups in total. The number of carbonyl (C=O) groups is 3. The molecular weight excluding hydrogens is 801 g/mol. The molecule has 0 aliphatic heterocycles. The summed E-state index contributed by atoms with van der Waals surface area (Å²) in [4.78, 5) is 38.7. The van der Waals surface area contributed by atoms with Gasteiger partial charge in [-0.05, 0) is 134 Å². The standard InChI is InChI=1S/C56H66O8/c1-3-5-7-9-11-13-15-17-19-21-42-61-50-35-29-46(30-36-50)55(58)63-52-39-31-47(32-40-52)56(59)64-53-24-22-23-48(43-53)44-25-37-51(38-26-44)62-54(57)45-27-33-49(34-28-45)60-41-20-18-16-14-12-10-8-6-4-2/h4,22-40,43H,2-3,5-21,41-42H2,1H3. The van der Waals surface area contributed by atoms with Gasteiger partial charge in [-0.25, -0.2) is 14.4 Å². The van der Waals surface area contributed by atoms with Crippen LogP contribution in [0.25, 0.3) is 11.1 Å². The Morgan fingerprint density at radius 3 is 1.22 bits per heavy atom. The number of carbonyl (C=O) groups excluding carboxylic acids is 3. The molecule has 5 rings (SSSR count). The third kappa shape index (κ3) is 17.9. The van der Waals surface area contributed by atoms with Crippen molar-refractivity contribution < 1.29 is 38.1 Å². The van der Waals surface area contributed by atoms with Gasteiger partial charge in [0.2, 0.25) is 0 Å². The van der Waals surface area contributed by atoms with Crippen molar-refractivity contribution in [3.63, 3.8) is 0 Å². The maximum atomic E-state index is 13.0. The molecule has 0 bridgehead atoms. The highest BCUT2D eigenvalue weighted by Crippen LogP contribution is 2.27. The summed E-state index contributed by atoms with van der Waals surface area (Å²) < 4.78 is 28.6. The van der Waals surface area contributed by atoms with Gasteiger partial charge in [0.1, 0.15) is 28.7 Å². The number of esters is 3. The Morgan fingerprint density at radius 2 is 0.781 bits per heavy atom. The largest absolute Gasteiger partial charge is 0.494 e. The highest BCUT2D eigenvalue weighted by atomic mass is 16.5. The Kier molecular flexibility index (Phi) is 21.8. The molecule has 5 aromatic carbocycles. The van der Waals surface area contributed by atoms with Gasteiger partial charge >= 0.3 is 17.9 Å². The van der Waals surface area contributed by atoms with Crippen molar-refractivity contribution in [2.24, 2.45) is 0 Å². The average Bonchev–Trinajstić information content (AvgIpc) is 3.32. The molecule has 0 saturated heterocycles. The van der Waals surface area contributed by atoms with E-state index in [1.165, 1.54) is 83.5 Å². The monoisotopic (exact) mass is 866 g/mol. The maximum Gasteiger partial charge on any atom is 0.343 e. The Hall–Kier alpha value is -6.15. The van der Waals surface area contributed by atoms with Crippen molar-refractivity contribution in [1.82, 2.24) is 0 Å². The summed E-state index contributed by atoms with van der Waals surface area (Å²) in [5, 5.41) is 0. The molecule has 0 aliphatic rings. The van der Waals surface area contributed by atoms with Crippen molar-refractivity contribution in [1.29, 1.82) is 0 Å². The number of ether oxygens (including phenoxy) is 5. The summed E-state index contributed by atoms with van der Waals surface area (Å²) >= 11 is 0. The second kappa shape index (κ2) is 28.5. The van der Waals surface area contributed by atoms with Gasteiger partial charge in [0.05, 0.1) is 29.9 Å². The molecule has 8 heteroatoms. The molecule has 0 fully saturated rings. The van der Waals surface area contributed by atoms with E-state index >= 15 is 0 Å². The summed E-state index contributed by atoms with van der Waals surface area (Å²) in [7, 11) is 0. The molecule has 338 valence electrons. The zero-order valence-corrected chi connectivity index (χ0v) is 37.7. The molecule has 8 nitrogen and oxygen atoms in total. The van der Waals surface area contributed by atoms with E-state index in [4.69, 9.17) is 23.7 Å². The van der Waals surface area contributed by atoms with Gasteiger partial charge in [0, 0.05) is 0 Å². The summed E-state index contributed by atoms with van der Waals surface area (Å²) in [5.74, 6) is 1.00. The van der Waals surface area contributed by atoms with Crippen LogP contribution in [0.5, 0.6) is 28.7 Å².